The fraction of sp³-hybridized carbons (Fsp3) is 1.00. The van der Waals surface area contributed by atoms with E-state index in [2.05, 4.69) is 0 Å². The van der Waals surface area contributed by atoms with Gasteiger partial charge in [-0.25, -0.2) is 0 Å². The van der Waals surface area contributed by atoms with Gasteiger partial charge in [-0.3, -0.25) is 0 Å². The van der Waals surface area contributed by atoms with Crippen molar-refractivity contribution >= 4 is 0 Å². The van der Waals surface area contributed by atoms with E-state index in [0.29, 0.717) is 0 Å². The first-order valence-electron chi connectivity index (χ1n) is 3.70. The molecule has 0 saturated carbocycles. The van der Waals surface area contributed by atoms with Crippen molar-refractivity contribution in [1.29, 1.82) is 0 Å². The van der Waals surface area contributed by atoms with Gasteiger partial charge in [0.15, 0.2) is 0 Å². The van der Waals surface area contributed by atoms with Crippen molar-refractivity contribution in [3.8, 4) is 0 Å². The summed E-state index contributed by atoms with van der Waals surface area (Å²) in [6.07, 6.45) is 0.862. The lowest BCUT2D eigenvalue weighted by Gasteiger charge is -2.37. The molecule has 1 atom stereocenters. The minimum absolute atomic E-state index is 0.173. The molecule has 0 aromatic heterocycles. The second-order valence-electron chi connectivity index (χ2n) is 3.67. The van der Waals surface area contributed by atoms with Crippen LogP contribution in [0.5, 0.6) is 0 Å². The summed E-state index contributed by atoms with van der Waals surface area (Å²) in [6, 6.07) is 0. The van der Waals surface area contributed by atoms with Crippen LogP contribution in [0.3, 0.4) is 0 Å². The molecule has 0 saturated heterocycles. The van der Waals surface area contributed by atoms with Gasteiger partial charge in [0.05, 0.1) is 12.2 Å². The molecule has 0 aromatic rings. The first-order valence-corrected chi connectivity index (χ1v) is 3.70. The third-order valence-corrected chi connectivity index (χ3v) is 2.65. The van der Waals surface area contributed by atoms with E-state index in [1.807, 2.05) is 20.8 Å². The average molecular weight is 146 g/mol. The van der Waals surface area contributed by atoms with Gasteiger partial charge in [-0.1, -0.05) is 20.8 Å². The van der Waals surface area contributed by atoms with Gasteiger partial charge >= 0.3 is 0 Å². The first-order chi connectivity index (χ1) is 4.37. The van der Waals surface area contributed by atoms with Gasteiger partial charge in [0.25, 0.3) is 0 Å². The molecule has 0 aromatic carbocycles. The molecule has 0 bridgehead atoms. The Morgan fingerprint density at radius 2 is 1.60 bits per heavy atom. The molecule has 0 aliphatic heterocycles. The van der Waals surface area contributed by atoms with Crippen LogP contribution in [0.15, 0.2) is 0 Å². The molecule has 0 fully saturated rings. The zero-order valence-electron chi connectivity index (χ0n) is 7.31. The van der Waals surface area contributed by atoms with E-state index in [1.54, 1.807) is 6.92 Å². The molecule has 0 rings (SSSR count). The maximum Gasteiger partial charge on any atom is 0.0899 e. The van der Waals surface area contributed by atoms with Gasteiger partial charge in [-0.05, 0) is 18.8 Å². The molecule has 0 heterocycles. The zero-order chi connectivity index (χ0) is 8.41. The molecule has 2 nitrogen and oxygen atoms in total. The molecule has 2 N–H and O–H groups in total. The standard InChI is InChI=1S/C8H18O2/c1-5-7(2,3)8(4,10)6-9/h9-10H,5-6H2,1-4H3. The molecular formula is C8H18O2. The Labute approximate surface area is 62.9 Å². The van der Waals surface area contributed by atoms with Crippen molar-refractivity contribution in [3.05, 3.63) is 0 Å². The lowest BCUT2D eigenvalue weighted by Crippen LogP contribution is -2.44. The van der Waals surface area contributed by atoms with Crippen molar-refractivity contribution in [1.82, 2.24) is 0 Å². The van der Waals surface area contributed by atoms with Crippen LogP contribution in [0.2, 0.25) is 0 Å². The smallest absolute Gasteiger partial charge is 0.0899 e. The largest absolute Gasteiger partial charge is 0.393 e. The van der Waals surface area contributed by atoms with Crippen LogP contribution in [0, 0.1) is 5.41 Å². The van der Waals surface area contributed by atoms with E-state index in [0.717, 1.165) is 6.42 Å². The first kappa shape index (κ1) is 9.92. The number of hydrogen-bond acceptors (Lipinski definition) is 2. The predicted octanol–water partition coefficient (Wildman–Crippen LogP) is 1.17. The van der Waals surface area contributed by atoms with Gasteiger partial charge in [0, 0.05) is 0 Å². The SMILES string of the molecule is CCC(C)(C)C(C)(O)CO. The summed E-state index contributed by atoms with van der Waals surface area (Å²) >= 11 is 0. The molecule has 0 spiro atoms. The van der Waals surface area contributed by atoms with Gasteiger partial charge in [0.1, 0.15) is 0 Å². The van der Waals surface area contributed by atoms with Crippen LogP contribution in [-0.4, -0.2) is 22.4 Å². The molecule has 0 aliphatic carbocycles. The lowest BCUT2D eigenvalue weighted by atomic mass is 9.74. The van der Waals surface area contributed by atoms with E-state index >= 15 is 0 Å². The maximum absolute atomic E-state index is 9.60. The molecule has 10 heavy (non-hydrogen) atoms. The topological polar surface area (TPSA) is 40.5 Å². The van der Waals surface area contributed by atoms with Crippen molar-refractivity contribution in [2.45, 2.75) is 39.7 Å². The minimum Gasteiger partial charge on any atom is -0.393 e. The number of hydrogen-bond donors (Lipinski definition) is 2. The highest BCUT2D eigenvalue weighted by Gasteiger charge is 2.36. The average Bonchev–Trinajstić information content (AvgIpc) is 1.88. The summed E-state index contributed by atoms with van der Waals surface area (Å²) < 4.78 is 0. The Hall–Kier alpha value is -0.0800. The summed E-state index contributed by atoms with van der Waals surface area (Å²) in [5.41, 5.74) is -1.16. The lowest BCUT2D eigenvalue weighted by molar-refractivity contribution is -0.0892. The van der Waals surface area contributed by atoms with Crippen molar-refractivity contribution in [2.24, 2.45) is 5.41 Å². The van der Waals surface area contributed by atoms with Gasteiger partial charge in [-0.15, -0.1) is 0 Å². The highest BCUT2D eigenvalue weighted by molar-refractivity contribution is 4.87. The fourth-order valence-corrected chi connectivity index (χ4v) is 0.595. The fourth-order valence-electron chi connectivity index (χ4n) is 0.595. The molecule has 62 valence electrons. The molecule has 0 aliphatic rings. The zero-order valence-corrected chi connectivity index (χ0v) is 7.31. The van der Waals surface area contributed by atoms with Crippen molar-refractivity contribution in [2.75, 3.05) is 6.61 Å². The second kappa shape index (κ2) is 2.89. The highest BCUT2D eigenvalue weighted by atomic mass is 16.3. The second-order valence-corrected chi connectivity index (χ2v) is 3.67. The molecule has 1 unspecified atom stereocenters. The third-order valence-electron chi connectivity index (χ3n) is 2.65. The Morgan fingerprint density at radius 3 is 1.70 bits per heavy atom. The van der Waals surface area contributed by atoms with Crippen LogP contribution >= 0.6 is 0 Å². The highest BCUT2D eigenvalue weighted by Crippen LogP contribution is 2.33. The Bertz CT molecular complexity index is 91.8. The van der Waals surface area contributed by atoms with E-state index < -0.39 is 5.60 Å². The number of aliphatic hydroxyl groups is 2. The van der Waals surface area contributed by atoms with Gasteiger partial charge in [-0.2, -0.15) is 0 Å². The third kappa shape index (κ3) is 1.70. The molecular weight excluding hydrogens is 128 g/mol. The molecule has 2 heteroatoms. The quantitative estimate of drug-likeness (QED) is 0.627. The van der Waals surface area contributed by atoms with Gasteiger partial charge < -0.3 is 10.2 Å². The Morgan fingerprint density at radius 1 is 1.20 bits per heavy atom. The van der Waals surface area contributed by atoms with Crippen molar-refractivity contribution in [3.63, 3.8) is 0 Å². The van der Waals surface area contributed by atoms with E-state index in [9.17, 15) is 5.11 Å². The van der Waals surface area contributed by atoms with Crippen molar-refractivity contribution < 1.29 is 10.2 Å². The van der Waals surface area contributed by atoms with Crippen LogP contribution < -0.4 is 0 Å². The van der Waals surface area contributed by atoms with Gasteiger partial charge in [0.2, 0.25) is 0 Å². The summed E-state index contributed by atoms with van der Waals surface area (Å²) in [5.74, 6) is 0. The normalized spacial score (nSPS) is 18.6. The Kier molecular flexibility index (Phi) is 2.86. The van der Waals surface area contributed by atoms with E-state index in [4.69, 9.17) is 5.11 Å². The monoisotopic (exact) mass is 146 g/mol. The number of rotatable bonds is 3. The van der Waals surface area contributed by atoms with Crippen LogP contribution in [0.1, 0.15) is 34.1 Å². The number of aliphatic hydroxyl groups excluding tert-OH is 1. The van der Waals surface area contributed by atoms with Crippen LogP contribution in [-0.2, 0) is 0 Å². The summed E-state index contributed by atoms with van der Waals surface area (Å²) in [7, 11) is 0. The van der Waals surface area contributed by atoms with E-state index in [-0.39, 0.29) is 12.0 Å². The maximum atomic E-state index is 9.60. The minimum atomic E-state index is -0.957. The molecule has 0 amide bonds. The molecule has 0 radical (unpaired) electrons. The summed E-state index contributed by atoms with van der Waals surface area (Å²) in [6.45, 7) is 7.39. The Balaban J connectivity index is 4.28. The summed E-state index contributed by atoms with van der Waals surface area (Å²) in [4.78, 5) is 0. The van der Waals surface area contributed by atoms with Crippen LogP contribution in [0.4, 0.5) is 0 Å². The van der Waals surface area contributed by atoms with E-state index in [1.165, 1.54) is 0 Å². The summed E-state index contributed by atoms with van der Waals surface area (Å²) in [5, 5.41) is 18.4. The predicted molar refractivity (Wildman–Crippen MR) is 41.8 cm³/mol. The van der Waals surface area contributed by atoms with Crippen LogP contribution in [0.25, 0.3) is 0 Å².